The van der Waals surface area contributed by atoms with Gasteiger partial charge in [0.05, 0.1) is 0 Å². The molecule has 0 bridgehead atoms. The lowest BCUT2D eigenvalue weighted by atomic mass is 10.2. The third-order valence-electron chi connectivity index (χ3n) is 2.33. The van der Waals surface area contributed by atoms with Crippen LogP contribution in [-0.2, 0) is 9.59 Å². The minimum Gasteiger partial charge on any atom is -0.337 e. The van der Waals surface area contributed by atoms with Crippen molar-refractivity contribution in [1.29, 1.82) is 0 Å². The number of carbonyl (C=O) groups is 2. The molecule has 2 rings (SSSR count). The Morgan fingerprint density at radius 1 is 0.737 bits per heavy atom. The SMILES string of the molecule is O=C(CCCC(=O)On1cccc1)On1cccc1. The van der Waals surface area contributed by atoms with Crippen LogP contribution in [0.25, 0.3) is 0 Å². The van der Waals surface area contributed by atoms with Gasteiger partial charge in [-0.3, -0.25) is 0 Å². The van der Waals surface area contributed by atoms with Crippen LogP contribution in [0, 0.1) is 0 Å². The molecule has 2 aromatic heterocycles. The summed E-state index contributed by atoms with van der Waals surface area (Å²) < 4.78 is 2.64. The predicted molar refractivity (Wildman–Crippen MR) is 65.9 cm³/mol. The van der Waals surface area contributed by atoms with Gasteiger partial charge in [0.15, 0.2) is 0 Å². The van der Waals surface area contributed by atoms with Crippen molar-refractivity contribution in [3.63, 3.8) is 0 Å². The van der Waals surface area contributed by atoms with Crippen molar-refractivity contribution in [1.82, 2.24) is 9.46 Å². The molecule has 0 atom stereocenters. The number of hydrogen-bond acceptors (Lipinski definition) is 4. The van der Waals surface area contributed by atoms with Gasteiger partial charge < -0.3 is 9.68 Å². The van der Waals surface area contributed by atoms with Crippen LogP contribution >= 0.6 is 0 Å². The van der Waals surface area contributed by atoms with Gasteiger partial charge in [0.25, 0.3) is 0 Å². The van der Waals surface area contributed by atoms with Gasteiger partial charge in [-0.1, -0.05) is 0 Å². The summed E-state index contributed by atoms with van der Waals surface area (Å²) >= 11 is 0. The highest BCUT2D eigenvalue weighted by Gasteiger charge is 2.08. The molecule has 0 aliphatic heterocycles. The quantitative estimate of drug-likeness (QED) is 0.781. The Labute approximate surface area is 110 Å². The zero-order valence-electron chi connectivity index (χ0n) is 10.3. The zero-order chi connectivity index (χ0) is 13.5. The maximum absolute atomic E-state index is 11.4. The van der Waals surface area contributed by atoms with Crippen LogP contribution in [0.4, 0.5) is 0 Å². The van der Waals surface area contributed by atoms with E-state index in [1.807, 2.05) is 0 Å². The van der Waals surface area contributed by atoms with Crippen LogP contribution in [-0.4, -0.2) is 21.4 Å². The molecule has 0 saturated carbocycles. The maximum atomic E-state index is 11.4. The van der Waals surface area contributed by atoms with Crippen LogP contribution in [0.2, 0.25) is 0 Å². The number of rotatable bonds is 6. The predicted octanol–water partition coefficient (Wildman–Crippen LogP) is 1.07. The van der Waals surface area contributed by atoms with Crippen LogP contribution < -0.4 is 9.68 Å². The van der Waals surface area contributed by atoms with Gasteiger partial charge in [0.1, 0.15) is 0 Å². The lowest BCUT2D eigenvalue weighted by Crippen LogP contribution is -2.20. The van der Waals surface area contributed by atoms with Crippen molar-refractivity contribution in [2.75, 3.05) is 0 Å². The van der Waals surface area contributed by atoms with Crippen LogP contribution in [0.1, 0.15) is 19.3 Å². The van der Waals surface area contributed by atoms with E-state index in [9.17, 15) is 9.59 Å². The molecule has 6 nitrogen and oxygen atoms in total. The van der Waals surface area contributed by atoms with Gasteiger partial charge >= 0.3 is 11.9 Å². The summed E-state index contributed by atoms with van der Waals surface area (Å²) in [6, 6.07) is 7.01. The van der Waals surface area contributed by atoms with Gasteiger partial charge in [-0.15, -0.1) is 0 Å². The van der Waals surface area contributed by atoms with Crippen LogP contribution in [0.3, 0.4) is 0 Å². The molecule has 2 aromatic rings. The van der Waals surface area contributed by atoms with E-state index in [4.69, 9.17) is 9.68 Å². The molecule has 0 fully saturated rings. The average Bonchev–Trinajstić information content (AvgIpc) is 3.02. The molecule has 100 valence electrons. The first-order valence-corrected chi connectivity index (χ1v) is 5.92. The molecule has 0 N–H and O–H groups in total. The monoisotopic (exact) mass is 262 g/mol. The largest absolute Gasteiger partial charge is 0.337 e. The molecule has 2 heterocycles. The Morgan fingerprint density at radius 3 is 1.47 bits per heavy atom. The molecule has 0 amide bonds. The molecule has 0 saturated heterocycles. The highest BCUT2D eigenvalue weighted by Crippen LogP contribution is 1.99. The van der Waals surface area contributed by atoms with Crippen molar-refractivity contribution in [3.05, 3.63) is 49.1 Å². The third kappa shape index (κ3) is 4.34. The summed E-state index contributed by atoms with van der Waals surface area (Å²) in [7, 11) is 0. The Hall–Kier alpha value is -2.50. The molecular formula is C13H14N2O4. The maximum Gasteiger partial charge on any atom is 0.332 e. The Bertz CT molecular complexity index is 469. The number of carbonyl (C=O) groups excluding carboxylic acids is 2. The van der Waals surface area contributed by atoms with E-state index >= 15 is 0 Å². The fraction of sp³-hybridized carbons (Fsp3) is 0.231. The minimum absolute atomic E-state index is 0.166. The highest BCUT2D eigenvalue weighted by atomic mass is 16.7. The summed E-state index contributed by atoms with van der Waals surface area (Å²) in [5.74, 6) is -0.769. The lowest BCUT2D eigenvalue weighted by molar-refractivity contribution is -0.146. The summed E-state index contributed by atoms with van der Waals surface area (Å²) in [5.41, 5.74) is 0. The van der Waals surface area contributed by atoms with Gasteiger partial charge in [-0.25, -0.2) is 9.59 Å². The van der Waals surface area contributed by atoms with E-state index in [0.29, 0.717) is 6.42 Å². The molecule has 0 unspecified atom stereocenters. The second-order valence-electron chi connectivity index (χ2n) is 3.87. The highest BCUT2D eigenvalue weighted by molar-refractivity contribution is 5.72. The third-order valence-corrected chi connectivity index (χ3v) is 2.33. The minimum atomic E-state index is -0.384. The molecular weight excluding hydrogens is 248 g/mol. The number of nitrogens with zero attached hydrogens (tertiary/aromatic N) is 2. The molecule has 6 heteroatoms. The fourth-order valence-corrected chi connectivity index (χ4v) is 1.46. The van der Waals surface area contributed by atoms with Crippen molar-refractivity contribution in [3.8, 4) is 0 Å². The average molecular weight is 262 g/mol. The van der Waals surface area contributed by atoms with Gasteiger partial charge in [0.2, 0.25) is 0 Å². The summed E-state index contributed by atoms with van der Waals surface area (Å²) in [6.45, 7) is 0. The second-order valence-corrected chi connectivity index (χ2v) is 3.87. The van der Waals surface area contributed by atoms with E-state index in [0.717, 1.165) is 0 Å². The van der Waals surface area contributed by atoms with Gasteiger partial charge in [-0.05, 0) is 30.7 Å². The van der Waals surface area contributed by atoms with Crippen LogP contribution in [0.15, 0.2) is 49.1 Å². The molecule has 0 aliphatic carbocycles. The van der Waals surface area contributed by atoms with Crippen molar-refractivity contribution in [2.45, 2.75) is 19.3 Å². The number of aromatic nitrogens is 2. The lowest BCUT2D eigenvalue weighted by Gasteiger charge is -2.05. The fourth-order valence-electron chi connectivity index (χ4n) is 1.46. The van der Waals surface area contributed by atoms with E-state index in [1.165, 1.54) is 9.46 Å². The van der Waals surface area contributed by atoms with E-state index in [1.54, 1.807) is 49.1 Å². The smallest absolute Gasteiger partial charge is 0.332 e. The van der Waals surface area contributed by atoms with Crippen molar-refractivity contribution >= 4 is 11.9 Å². The summed E-state index contributed by atoms with van der Waals surface area (Å²) in [5, 5.41) is 0. The first-order chi connectivity index (χ1) is 9.24. The molecule has 0 radical (unpaired) electrons. The van der Waals surface area contributed by atoms with E-state index in [2.05, 4.69) is 0 Å². The van der Waals surface area contributed by atoms with Gasteiger partial charge in [0, 0.05) is 37.6 Å². The Kier molecular flexibility index (Phi) is 4.39. The number of hydrogen-bond donors (Lipinski definition) is 0. The molecule has 19 heavy (non-hydrogen) atoms. The Morgan fingerprint density at radius 2 is 1.11 bits per heavy atom. The normalized spacial score (nSPS) is 10.1. The first kappa shape index (κ1) is 12.9. The zero-order valence-corrected chi connectivity index (χ0v) is 10.3. The molecule has 0 aromatic carbocycles. The Balaban J connectivity index is 1.63. The molecule has 0 aliphatic rings. The topological polar surface area (TPSA) is 62.5 Å². The van der Waals surface area contributed by atoms with E-state index < -0.39 is 0 Å². The standard InChI is InChI=1S/C13H14N2O4/c16-12(18-14-8-1-2-9-14)6-5-7-13(17)19-15-10-3-4-11-15/h1-4,8-11H,5-7H2. The van der Waals surface area contributed by atoms with Crippen LogP contribution in [0.5, 0.6) is 0 Å². The summed E-state index contributed by atoms with van der Waals surface area (Å²) in [4.78, 5) is 32.7. The second kappa shape index (κ2) is 6.44. The first-order valence-electron chi connectivity index (χ1n) is 5.92. The molecule has 0 spiro atoms. The van der Waals surface area contributed by atoms with Crippen molar-refractivity contribution in [2.24, 2.45) is 0 Å². The van der Waals surface area contributed by atoms with Crippen molar-refractivity contribution < 1.29 is 19.3 Å². The van der Waals surface area contributed by atoms with E-state index in [-0.39, 0.29) is 24.8 Å². The van der Waals surface area contributed by atoms with Gasteiger partial charge in [-0.2, -0.15) is 9.46 Å². The summed E-state index contributed by atoms with van der Waals surface area (Å²) in [6.07, 6.45) is 7.21.